The van der Waals surface area contributed by atoms with Gasteiger partial charge in [-0.15, -0.1) is 0 Å². The van der Waals surface area contributed by atoms with Crippen molar-refractivity contribution in [2.45, 2.75) is 25.6 Å². The largest absolute Gasteiger partial charge is 0.497 e. The SMILES string of the molecule is COc1ccc(C2c3cccn3CCCN2Cc2cccc([N+](=O)[O-])c2)cc1. The van der Waals surface area contributed by atoms with Gasteiger partial charge in [0.15, 0.2) is 0 Å². The van der Waals surface area contributed by atoms with E-state index in [-0.39, 0.29) is 16.7 Å². The van der Waals surface area contributed by atoms with Crippen LogP contribution in [0.2, 0.25) is 0 Å². The first kappa shape index (κ1) is 18.3. The maximum atomic E-state index is 11.2. The fourth-order valence-electron chi connectivity index (χ4n) is 3.98. The first-order valence-corrected chi connectivity index (χ1v) is 9.42. The Hall–Kier alpha value is -3.12. The minimum Gasteiger partial charge on any atom is -0.497 e. The minimum atomic E-state index is -0.335. The third kappa shape index (κ3) is 3.64. The zero-order chi connectivity index (χ0) is 19.5. The van der Waals surface area contributed by atoms with Crippen LogP contribution in [-0.2, 0) is 13.1 Å². The zero-order valence-corrected chi connectivity index (χ0v) is 15.8. The second-order valence-electron chi connectivity index (χ2n) is 7.05. The van der Waals surface area contributed by atoms with E-state index >= 15 is 0 Å². The first-order chi connectivity index (χ1) is 13.7. The van der Waals surface area contributed by atoms with Gasteiger partial charge in [-0.3, -0.25) is 15.0 Å². The number of nitrogens with zero attached hydrogens (tertiary/aromatic N) is 3. The predicted octanol–water partition coefficient (Wildman–Crippen LogP) is 4.40. The summed E-state index contributed by atoms with van der Waals surface area (Å²) in [5.41, 5.74) is 3.52. The van der Waals surface area contributed by atoms with Gasteiger partial charge in [0.2, 0.25) is 0 Å². The molecule has 6 heteroatoms. The Labute approximate surface area is 164 Å². The lowest BCUT2D eigenvalue weighted by Gasteiger charge is -2.30. The number of rotatable bonds is 5. The van der Waals surface area contributed by atoms with Gasteiger partial charge >= 0.3 is 0 Å². The summed E-state index contributed by atoms with van der Waals surface area (Å²) in [4.78, 5) is 13.2. The maximum absolute atomic E-state index is 11.2. The summed E-state index contributed by atoms with van der Waals surface area (Å²) < 4.78 is 7.62. The van der Waals surface area contributed by atoms with Crippen molar-refractivity contribution in [1.82, 2.24) is 9.47 Å². The molecule has 1 aliphatic heterocycles. The fraction of sp³-hybridized carbons (Fsp3) is 0.273. The van der Waals surface area contributed by atoms with Crippen molar-refractivity contribution in [3.63, 3.8) is 0 Å². The summed E-state index contributed by atoms with van der Waals surface area (Å²) in [7, 11) is 1.67. The van der Waals surface area contributed by atoms with Crippen LogP contribution in [-0.4, -0.2) is 28.0 Å². The Morgan fingerprint density at radius 3 is 2.68 bits per heavy atom. The average molecular weight is 377 g/mol. The molecule has 144 valence electrons. The van der Waals surface area contributed by atoms with Crippen LogP contribution >= 0.6 is 0 Å². The Morgan fingerprint density at radius 1 is 1.11 bits per heavy atom. The van der Waals surface area contributed by atoms with E-state index in [4.69, 9.17) is 4.74 Å². The zero-order valence-electron chi connectivity index (χ0n) is 15.8. The molecule has 2 heterocycles. The van der Waals surface area contributed by atoms with Gasteiger partial charge in [0, 0.05) is 43.7 Å². The molecule has 6 nitrogen and oxygen atoms in total. The van der Waals surface area contributed by atoms with Crippen LogP contribution in [0.15, 0.2) is 66.9 Å². The van der Waals surface area contributed by atoms with E-state index in [1.54, 1.807) is 19.2 Å². The highest BCUT2D eigenvalue weighted by Gasteiger charge is 2.27. The number of non-ortho nitro benzene ring substituents is 1. The van der Waals surface area contributed by atoms with Gasteiger partial charge in [0.1, 0.15) is 5.75 Å². The molecule has 4 rings (SSSR count). The van der Waals surface area contributed by atoms with E-state index in [1.807, 2.05) is 18.2 Å². The Bertz CT molecular complexity index is 965. The topological polar surface area (TPSA) is 60.5 Å². The number of fused-ring (bicyclic) bond motifs is 1. The lowest BCUT2D eigenvalue weighted by Crippen LogP contribution is -2.29. The third-order valence-electron chi connectivity index (χ3n) is 5.29. The quantitative estimate of drug-likeness (QED) is 0.488. The first-order valence-electron chi connectivity index (χ1n) is 9.42. The summed E-state index contributed by atoms with van der Waals surface area (Å²) in [5.74, 6) is 0.831. The molecule has 1 unspecified atom stereocenters. The number of methoxy groups -OCH3 is 1. The van der Waals surface area contributed by atoms with Crippen LogP contribution in [0.1, 0.15) is 29.3 Å². The van der Waals surface area contributed by atoms with E-state index in [9.17, 15) is 10.1 Å². The van der Waals surface area contributed by atoms with Gasteiger partial charge < -0.3 is 9.30 Å². The lowest BCUT2D eigenvalue weighted by molar-refractivity contribution is -0.384. The van der Waals surface area contributed by atoms with Crippen molar-refractivity contribution in [1.29, 1.82) is 0 Å². The Balaban J connectivity index is 1.71. The van der Waals surface area contributed by atoms with E-state index in [0.29, 0.717) is 6.54 Å². The molecule has 0 fully saturated rings. The predicted molar refractivity (Wildman–Crippen MR) is 107 cm³/mol. The standard InChI is InChI=1S/C22H23N3O3/c1-28-20-10-8-18(9-11-20)22-21-7-3-12-23(21)13-4-14-24(22)16-17-5-2-6-19(15-17)25(26)27/h2-3,5-12,15,22H,4,13-14,16H2,1H3. The van der Waals surface area contributed by atoms with Crippen LogP contribution in [0, 0.1) is 10.1 Å². The van der Waals surface area contributed by atoms with E-state index in [1.165, 1.54) is 17.3 Å². The van der Waals surface area contributed by atoms with Gasteiger partial charge in [0.05, 0.1) is 18.1 Å². The molecule has 0 saturated heterocycles. The number of nitro benzene ring substituents is 1. The second-order valence-corrected chi connectivity index (χ2v) is 7.05. The number of nitro groups is 1. The monoisotopic (exact) mass is 377 g/mol. The molecule has 2 aromatic carbocycles. The summed E-state index contributed by atoms with van der Waals surface area (Å²) in [6, 6.07) is 19.5. The second kappa shape index (κ2) is 7.86. The molecule has 1 aromatic heterocycles. The van der Waals surface area contributed by atoms with Gasteiger partial charge in [-0.05, 0) is 41.8 Å². The van der Waals surface area contributed by atoms with E-state index < -0.39 is 0 Å². The number of hydrogen-bond acceptors (Lipinski definition) is 4. The van der Waals surface area contributed by atoms with Crippen LogP contribution < -0.4 is 4.74 Å². The number of aromatic nitrogens is 1. The molecule has 0 aliphatic carbocycles. The van der Waals surface area contributed by atoms with Crippen LogP contribution in [0.3, 0.4) is 0 Å². The molecule has 3 aromatic rings. The minimum absolute atomic E-state index is 0.0858. The molecular formula is C22H23N3O3. The highest BCUT2D eigenvalue weighted by Crippen LogP contribution is 2.34. The van der Waals surface area contributed by atoms with E-state index in [0.717, 1.165) is 30.8 Å². The third-order valence-corrected chi connectivity index (χ3v) is 5.29. The van der Waals surface area contributed by atoms with Crippen LogP contribution in [0.25, 0.3) is 0 Å². The molecule has 1 atom stereocenters. The summed E-state index contributed by atoms with van der Waals surface area (Å²) in [6.45, 7) is 2.55. The van der Waals surface area contributed by atoms with Crippen LogP contribution in [0.5, 0.6) is 5.75 Å². The summed E-state index contributed by atoms with van der Waals surface area (Å²) >= 11 is 0. The molecule has 0 spiro atoms. The summed E-state index contributed by atoms with van der Waals surface area (Å²) in [5, 5.41) is 11.2. The van der Waals surface area contributed by atoms with Crippen molar-refractivity contribution in [3.05, 3.63) is 93.8 Å². The molecular weight excluding hydrogens is 354 g/mol. The molecule has 28 heavy (non-hydrogen) atoms. The van der Waals surface area contributed by atoms with Crippen molar-refractivity contribution in [2.75, 3.05) is 13.7 Å². The van der Waals surface area contributed by atoms with Gasteiger partial charge in [-0.1, -0.05) is 24.3 Å². The maximum Gasteiger partial charge on any atom is 0.269 e. The normalized spacial score (nSPS) is 17.0. The van der Waals surface area contributed by atoms with Gasteiger partial charge in [0.25, 0.3) is 5.69 Å². The smallest absolute Gasteiger partial charge is 0.269 e. The molecule has 0 N–H and O–H groups in total. The lowest BCUT2D eigenvalue weighted by atomic mass is 10.0. The average Bonchev–Trinajstić information content (AvgIpc) is 3.10. The number of ether oxygens (including phenoxy) is 1. The van der Waals surface area contributed by atoms with E-state index in [2.05, 4.69) is 39.9 Å². The van der Waals surface area contributed by atoms with Crippen molar-refractivity contribution >= 4 is 5.69 Å². The summed E-state index contributed by atoms with van der Waals surface area (Å²) in [6.07, 6.45) is 3.16. The molecule has 0 saturated carbocycles. The van der Waals surface area contributed by atoms with Crippen molar-refractivity contribution in [2.24, 2.45) is 0 Å². The van der Waals surface area contributed by atoms with Crippen molar-refractivity contribution < 1.29 is 9.66 Å². The highest BCUT2D eigenvalue weighted by molar-refractivity contribution is 5.36. The molecule has 0 radical (unpaired) electrons. The highest BCUT2D eigenvalue weighted by atomic mass is 16.6. The van der Waals surface area contributed by atoms with Gasteiger partial charge in [-0.25, -0.2) is 0 Å². The Kier molecular flexibility index (Phi) is 5.12. The van der Waals surface area contributed by atoms with Crippen LogP contribution in [0.4, 0.5) is 5.69 Å². The molecule has 0 amide bonds. The van der Waals surface area contributed by atoms with Gasteiger partial charge in [-0.2, -0.15) is 0 Å². The number of hydrogen-bond donors (Lipinski definition) is 0. The fourth-order valence-corrected chi connectivity index (χ4v) is 3.98. The molecule has 0 bridgehead atoms. The number of benzene rings is 2. The molecule has 1 aliphatic rings. The van der Waals surface area contributed by atoms with Crippen molar-refractivity contribution in [3.8, 4) is 5.75 Å². The Morgan fingerprint density at radius 2 is 1.93 bits per heavy atom. The number of aryl methyl sites for hydroxylation is 1.